The molecule has 0 unspecified atom stereocenters. The van der Waals surface area contributed by atoms with E-state index in [9.17, 15) is 8.42 Å². The van der Waals surface area contributed by atoms with E-state index < -0.39 is 10.0 Å². The van der Waals surface area contributed by atoms with Crippen molar-refractivity contribution >= 4 is 21.4 Å². The Balaban J connectivity index is 2.72. The fourth-order valence-electron chi connectivity index (χ4n) is 1.28. The van der Waals surface area contributed by atoms with E-state index in [-0.39, 0.29) is 5.75 Å². The molecule has 0 spiro atoms. The molecule has 0 radical (unpaired) electrons. The van der Waals surface area contributed by atoms with Gasteiger partial charge < -0.3 is 4.74 Å². The SMILES string of the molecule is CCS(=O)(=O)N(CCOC)Cc1ccsc1. The Morgan fingerprint density at radius 2 is 2.25 bits per heavy atom. The largest absolute Gasteiger partial charge is 0.383 e. The Hall–Kier alpha value is -0.430. The van der Waals surface area contributed by atoms with E-state index in [1.165, 1.54) is 4.31 Å². The van der Waals surface area contributed by atoms with E-state index in [2.05, 4.69) is 0 Å². The molecule has 0 N–H and O–H groups in total. The first-order valence-corrected chi connectivity index (χ1v) is 7.63. The second-order valence-electron chi connectivity index (χ2n) is 3.36. The molecule has 1 heterocycles. The first kappa shape index (κ1) is 13.6. The smallest absolute Gasteiger partial charge is 0.214 e. The van der Waals surface area contributed by atoms with E-state index in [0.29, 0.717) is 19.7 Å². The molecular formula is C10H17NO3S2. The molecule has 0 fully saturated rings. The zero-order valence-corrected chi connectivity index (χ0v) is 11.2. The Morgan fingerprint density at radius 1 is 1.50 bits per heavy atom. The third kappa shape index (κ3) is 3.86. The lowest BCUT2D eigenvalue weighted by Crippen LogP contribution is -2.34. The van der Waals surface area contributed by atoms with Crippen LogP contribution in [0.15, 0.2) is 16.8 Å². The minimum absolute atomic E-state index is 0.126. The molecule has 16 heavy (non-hydrogen) atoms. The highest BCUT2D eigenvalue weighted by atomic mass is 32.2. The van der Waals surface area contributed by atoms with Gasteiger partial charge in [0.05, 0.1) is 12.4 Å². The fourth-order valence-corrected chi connectivity index (χ4v) is 3.00. The van der Waals surface area contributed by atoms with Crippen molar-refractivity contribution in [1.29, 1.82) is 0 Å². The van der Waals surface area contributed by atoms with Crippen molar-refractivity contribution in [3.8, 4) is 0 Å². The van der Waals surface area contributed by atoms with Crippen molar-refractivity contribution < 1.29 is 13.2 Å². The van der Waals surface area contributed by atoms with Crippen LogP contribution in [-0.4, -0.2) is 38.7 Å². The van der Waals surface area contributed by atoms with Crippen LogP contribution >= 0.6 is 11.3 Å². The molecule has 0 saturated carbocycles. The highest BCUT2D eigenvalue weighted by molar-refractivity contribution is 7.89. The molecule has 0 aliphatic carbocycles. The molecule has 0 amide bonds. The molecule has 1 aromatic rings. The van der Waals surface area contributed by atoms with Gasteiger partial charge in [-0.3, -0.25) is 0 Å². The van der Waals surface area contributed by atoms with Crippen LogP contribution in [0.25, 0.3) is 0 Å². The maximum absolute atomic E-state index is 11.8. The quantitative estimate of drug-likeness (QED) is 0.750. The molecule has 6 heteroatoms. The number of sulfonamides is 1. The molecule has 0 bridgehead atoms. The van der Waals surface area contributed by atoms with Crippen LogP contribution in [0.5, 0.6) is 0 Å². The number of hydrogen-bond donors (Lipinski definition) is 0. The van der Waals surface area contributed by atoms with Crippen LogP contribution in [0.1, 0.15) is 12.5 Å². The predicted octanol–water partition coefficient (Wildman–Crippen LogP) is 1.55. The summed E-state index contributed by atoms with van der Waals surface area (Å²) >= 11 is 1.57. The van der Waals surface area contributed by atoms with Crippen molar-refractivity contribution in [2.45, 2.75) is 13.5 Å². The molecular weight excluding hydrogens is 246 g/mol. The van der Waals surface area contributed by atoms with E-state index >= 15 is 0 Å². The van der Waals surface area contributed by atoms with Crippen molar-refractivity contribution in [3.63, 3.8) is 0 Å². The summed E-state index contributed by atoms with van der Waals surface area (Å²) in [4.78, 5) is 0. The summed E-state index contributed by atoms with van der Waals surface area (Å²) in [6, 6.07) is 1.94. The van der Waals surface area contributed by atoms with Gasteiger partial charge in [-0.1, -0.05) is 0 Å². The summed E-state index contributed by atoms with van der Waals surface area (Å²) < 4.78 is 30.0. The maximum Gasteiger partial charge on any atom is 0.214 e. The van der Waals surface area contributed by atoms with Crippen molar-refractivity contribution in [1.82, 2.24) is 4.31 Å². The highest BCUT2D eigenvalue weighted by Crippen LogP contribution is 2.12. The van der Waals surface area contributed by atoms with Crippen LogP contribution in [0, 0.1) is 0 Å². The summed E-state index contributed by atoms with van der Waals surface area (Å²) in [6.45, 7) is 2.91. The van der Waals surface area contributed by atoms with Gasteiger partial charge in [0.25, 0.3) is 0 Å². The molecule has 4 nitrogen and oxygen atoms in total. The summed E-state index contributed by atoms with van der Waals surface area (Å²) in [5.41, 5.74) is 1.03. The molecule has 0 atom stereocenters. The lowest BCUT2D eigenvalue weighted by Gasteiger charge is -2.20. The number of thiophene rings is 1. The van der Waals surface area contributed by atoms with Gasteiger partial charge in [0.2, 0.25) is 10.0 Å². The van der Waals surface area contributed by atoms with Gasteiger partial charge in [-0.05, 0) is 29.3 Å². The van der Waals surface area contributed by atoms with Gasteiger partial charge in [-0.2, -0.15) is 15.6 Å². The van der Waals surface area contributed by atoms with Crippen molar-refractivity contribution in [3.05, 3.63) is 22.4 Å². The third-order valence-corrected chi connectivity index (χ3v) is 4.80. The second kappa shape index (κ2) is 6.34. The average Bonchev–Trinajstić information content (AvgIpc) is 2.76. The Labute approximate surface area is 101 Å². The normalized spacial score (nSPS) is 12.2. The van der Waals surface area contributed by atoms with Crippen LogP contribution in [-0.2, 0) is 21.3 Å². The fraction of sp³-hybridized carbons (Fsp3) is 0.600. The van der Waals surface area contributed by atoms with Crippen LogP contribution < -0.4 is 0 Å². The Kier molecular flexibility index (Phi) is 5.40. The van der Waals surface area contributed by atoms with E-state index in [0.717, 1.165) is 5.56 Å². The molecule has 0 aliphatic heterocycles. The van der Waals surface area contributed by atoms with Crippen molar-refractivity contribution in [2.24, 2.45) is 0 Å². The number of ether oxygens (including phenoxy) is 1. The minimum Gasteiger partial charge on any atom is -0.383 e. The predicted molar refractivity (Wildman–Crippen MR) is 66.1 cm³/mol. The second-order valence-corrected chi connectivity index (χ2v) is 6.40. The lowest BCUT2D eigenvalue weighted by atomic mass is 10.3. The molecule has 1 aromatic heterocycles. The first-order chi connectivity index (χ1) is 7.60. The number of nitrogens with zero attached hydrogens (tertiary/aromatic N) is 1. The summed E-state index contributed by atoms with van der Waals surface area (Å²) in [6.07, 6.45) is 0. The summed E-state index contributed by atoms with van der Waals surface area (Å²) in [5, 5.41) is 3.91. The van der Waals surface area contributed by atoms with Gasteiger partial charge in [0.15, 0.2) is 0 Å². The molecule has 0 saturated heterocycles. The third-order valence-electron chi connectivity index (χ3n) is 2.24. The van der Waals surface area contributed by atoms with Gasteiger partial charge in [-0.25, -0.2) is 8.42 Å². The molecule has 0 aliphatic rings. The van der Waals surface area contributed by atoms with Gasteiger partial charge in [0, 0.05) is 20.2 Å². The monoisotopic (exact) mass is 263 g/mol. The standard InChI is InChI=1S/C10H17NO3S2/c1-3-16(12,13)11(5-6-14-2)8-10-4-7-15-9-10/h4,7,9H,3,5-6,8H2,1-2H3. The van der Waals surface area contributed by atoms with Crippen LogP contribution in [0.4, 0.5) is 0 Å². The van der Waals surface area contributed by atoms with Gasteiger partial charge >= 0.3 is 0 Å². The zero-order valence-electron chi connectivity index (χ0n) is 9.55. The lowest BCUT2D eigenvalue weighted by molar-refractivity contribution is 0.177. The van der Waals surface area contributed by atoms with Crippen LogP contribution in [0.3, 0.4) is 0 Å². The topological polar surface area (TPSA) is 46.6 Å². The number of hydrogen-bond acceptors (Lipinski definition) is 4. The first-order valence-electron chi connectivity index (χ1n) is 5.08. The Morgan fingerprint density at radius 3 is 2.75 bits per heavy atom. The molecule has 1 rings (SSSR count). The minimum atomic E-state index is -3.15. The molecule has 0 aromatic carbocycles. The van der Waals surface area contributed by atoms with E-state index in [1.54, 1.807) is 25.4 Å². The Bertz CT molecular complexity index is 386. The highest BCUT2D eigenvalue weighted by Gasteiger charge is 2.19. The zero-order chi connectivity index (χ0) is 12.0. The van der Waals surface area contributed by atoms with E-state index in [4.69, 9.17) is 4.74 Å². The van der Waals surface area contributed by atoms with Gasteiger partial charge in [-0.15, -0.1) is 0 Å². The number of rotatable bonds is 7. The van der Waals surface area contributed by atoms with Crippen molar-refractivity contribution in [2.75, 3.05) is 26.0 Å². The molecule has 92 valence electrons. The summed E-state index contributed by atoms with van der Waals surface area (Å²) in [7, 11) is -1.58. The maximum atomic E-state index is 11.8. The summed E-state index contributed by atoms with van der Waals surface area (Å²) in [5.74, 6) is 0.126. The van der Waals surface area contributed by atoms with E-state index in [1.807, 2.05) is 16.8 Å². The number of methoxy groups -OCH3 is 1. The average molecular weight is 263 g/mol. The van der Waals surface area contributed by atoms with Gasteiger partial charge in [0.1, 0.15) is 0 Å². The van der Waals surface area contributed by atoms with Crippen LogP contribution in [0.2, 0.25) is 0 Å².